The number of rotatable bonds is 5. The number of nitrogens with one attached hydrogen (secondary N) is 1. The first-order chi connectivity index (χ1) is 11.6. The number of halogens is 2. The van der Waals surface area contributed by atoms with E-state index in [0.29, 0.717) is 32.6 Å². The molecule has 0 spiro atoms. The Bertz CT molecular complexity index is 574. The Morgan fingerprint density at radius 2 is 1.92 bits per heavy atom. The van der Waals surface area contributed by atoms with E-state index in [4.69, 9.17) is 10.5 Å². The lowest BCUT2D eigenvalue weighted by molar-refractivity contribution is -0.136. The number of carbonyl (C=O) groups excluding carboxylic acids is 1. The van der Waals surface area contributed by atoms with Gasteiger partial charge in [-0.15, -0.1) is 24.8 Å². The van der Waals surface area contributed by atoms with Crippen molar-refractivity contribution in [3.8, 4) is 0 Å². The lowest BCUT2D eigenvalue weighted by atomic mass is 9.79. The number of hydrogen-bond acceptors (Lipinski definition) is 4. The largest absolute Gasteiger partial charge is 0.381 e. The highest BCUT2D eigenvalue weighted by atomic mass is 35.5. The number of ether oxygens (including phenoxy) is 1. The molecular formula is C19H31Cl2N3O2. The summed E-state index contributed by atoms with van der Waals surface area (Å²) in [4.78, 5) is 15.2. The normalized spacial score (nSPS) is 19.8. The molecule has 0 bridgehead atoms. The highest BCUT2D eigenvalue weighted by Crippen LogP contribution is 2.31. The van der Waals surface area contributed by atoms with Gasteiger partial charge in [0.1, 0.15) is 0 Å². The van der Waals surface area contributed by atoms with Crippen molar-refractivity contribution in [2.24, 2.45) is 11.1 Å². The van der Waals surface area contributed by atoms with Gasteiger partial charge in [0.15, 0.2) is 0 Å². The van der Waals surface area contributed by atoms with Crippen molar-refractivity contribution in [1.29, 1.82) is 0 Å². The molecule has 2 fully saturated rings. The lowest BCUT2D eigenvalue weighted by Crippen LogP contribution is -2.49. The van der Waals surface area contributed by atoms with E-state index < -0.39 is 5.41 Å². The molecular weight excluding hydrogens is 373 g/mol. The Labute approximate surface area is 168 Å². The zero-order valence-corrected chi connectivity index (χ0v) is 17.0. The Morgan fingerprint density at radius 3 is 2.54 bits per heavy atom. The number of hydrogen-bond donors (Lipinski definition) is 2. The maximum Gasteiger partial charge on any atom is 0.228 e. The number of amides is 1. The lowest BCUT2D eigenvalue weighted by Gasteiger charge is -2.35. The van der Waals surface area contributed by atoms with E-state index in [-0.39, 0.29) is 36.8 Å². The molecule has 1 aromatic carbocycles. The summed E-state index contributed by atoms with van der Waals surface area (Å²) in [6.45, 7) is 5.90. The van der Waals surface area contributed by atoms with Crippen LogP contribution in [0.4, 0.5) is 5.69 Å². The van der Waals surface area contributed by atoms with Gasteiger partial charge < -0.3 is 20.7 Å². The van der Waals surface area contributed by atoms with E-state index in [1.54, 1.807) is 0 Å². The number of anilines is 1. The molecule has 7 heteroatoms. The first-order valence-corrected chi connectivity index (χ1v) is 9.08. The van der Waals surface area contributed by atoms with Gasteiger partial charge in [0.05, 0.1) is 11.5 Å². The SMILES string of the molecule is CC(NC(=O)C1(CN)CCOCC1)c1cccc(N2CCCC2)c1.Cl.Cl. The summed E-state index contributed by atoms with van der Waals surface area (Å²) in [5, 5.41) is 3.18. The molecule has 5 nitrogen and oxygen atoms in total. The fraction of sp³-hybridized carbons (Fsp3) is 0.632. The monoisotopic (exact) mass is 403 g/mol. The highest BCUT2D eigenvalue weighted by Gasteiger charge is 2.39. The Balaban J connectivity index is 0.00000169. The van der Waals surface area contributed by atoms with E-state index in [9.17, 15) is 4.79 Å². The first kappa shape index (κ1) is 23.0. The summed E-state index contributed by atoms with van der Waals surface area (Å²) in [5.41, 5.74) is 7.86. The van der Waals surface area contributed by atoms with Crippen LogP contribution in [0.2, 0.25) is 0 Å². The van der Waals surface area contributed by atoms with Crippen molar-refractivity contribution < 1.29 is 9.53 Å². The Kier molecular flexibility index (Phi) is 9.17. The molecule has 2 aliphatic heterocycles. The van der Waals surface area contributed by atoms with Crippen LogP contribution < -0.4 is 16.0 Å². The third kappa shape index (κ3) is 5.03. The van der Waals surface area contributed by atoms with Gasteiger partial charge in [-0.3, -0.25) is 4.79 Å². The first-order valence-electron chi connectivity index (χ1n) is 9.08. The molecule has 0 aliphatic carbocycles. The van der Waals surface area contributed by atoms with Gasteiger partial charge in [-0.1, -0.05) is 12.1 Å². The summed E-state index contributed by atoms with van der Waals surface area (Å²) in [7, 11) is 0. The van der Waals surface area contributed by atoms with Crippen LogP contribution in [-0.2, 0) is 9.53 Å². The van der Waals surface area contributed by atoms with E-state index >= 15 is 0 Å². The van der Waals surface area contributed by atoms with Crippen LogP contribution in [0.3, 0.4) is 0 Å². The van der Waals surface area contributed by atoms with Crippen LogP contribution >= 0.6 is 24.8 Å². The molecule has 1 atom stereocenters. The summed E-state index contributed by atoms with van der Waals surface area (Å²) in [6, 6.07) is 8.51. The minimum absolute atomic E-state index is 0. The number of carbonyl (C=O) groups is 1. The summed E-state index contributed by atoms with van der Waals surface area (Å²) >= 11 is 0. The van der Waals surface area contributed by atoms with E-state index in [0.717, 1.165) is 18.7 Å². The van der Waals surface area contributed by atoms with Crippen molar-refractivity contribution in [2.45, 2.75) is 38.6 Å². The maximum absolute atomic E-state index is 12.8. The van der Waals surface area contributed by atoms with Crippen LogP contribution in [0.25, 0.3) is 0 Å². The molecule has 0 radical (unpaired) electrons. The van der Waals surface area contributed by atoms with Crippen LogP contribution in [0.15, 0.2) is 24.3 Å². The zero-order valence-electron chi connectivity index (χ0n) is 15.4. The van der Waals surface area contributed by atoms with E-state index in [2.05, 4.69) is 34.5 Å². The second kappa shape index (κ2) is 10.4. The van der Waals surface area contributed by atoms with Gasteiger partial charge in [-0.05, 0) is 50.3 Å². The molecule has 0 saturated carbocycles. The molecule has 2 saturated heterocycles. The van der Waals surface area contributed by atoms with Crippen molar-refractivity contribution >= 4 is 36.4 Å². The van der Waals surface area contributed by atoms with Gasteiger partial charge in [-0.2, -0.15) is 0 Å². The van der Waals surface area contributed by atoms with Crippen LogP contribution in [-0.4, -0.2) is 38.8 Å². The second-order valence-electron chi connectivity index (χ2n) is 7.08. The molecule has 1 amide bonds. The molecule has 1 aromatic rings. The summed E-state index contributed by atoms with van der Waals surface area (Å²) < 4.78 is 5.40. The number of nitrogens with two attached hydrogens (primary N) is 1. The van der Waals surface area contributed by atoms with Crippen LogP contribution in [0.5, 0.6) is 0 Å². The predicted molar refractivity (Wildman–Crippen MR) is 110 cm³/mol. The van der Waals surface area contributed by atoms with Crippen molar-refractivity contribution in [2.75, 3.05) is 37.7 Å². The van der Waals surface area contributed by atoms with Gasteiger partial charge in [0, 0.05) is 38.5 Å². The standard InChI is InChI=1S/C19H29N3O2.2ClH/c1-15(21-18(23)19(14-20)7-11-24-12-8-19)16-5-4-6-17(13-16)22-9-2-3-10-22;;/h4-6,13,15H,2-3,7-12,14,20H2,1H3,(H,21,23);2*1H. The molecule has 0 aromatic heterocycles. The zero-order chi connectivity index (χ0) is 17.0. The average Bonchev–Trinajstić information content (AvgIpc) is 3.17. The number of nitrogens with zero attached hydrogens (tertiary/aromatic N) is 1. The average molecular weight is 404 g/mol. The summed E-state index contributed by atoms with van der Waals surface area (Å²) in [5.74, 6) is 0.0624. The topological polar surface area (TPSA) is 67.6 Å². The van der Waals surface area contributed by atoms with Crippen molar-refractivity contribution in [1.82, 2.24) is 5.32 Å². The molecule has 2 heterocycles. The fourth-order valence-electron chi connectivity index (χ4n) is 3.69. The van der Waals surface area contributed by atoms with E-state index in [1.807, 2.05) is 6.92 Å². The second-order valence-corrected chi connectivity index (χ2v) is 7.08. The summed E-state index contributed by atoms with van der Waals surface area (Å²) in [6.07, 6.45) is 3.93. The molecule has 3 N–H and O–H groups in total. The van der Waals surface area contributed by atoms with Crippen LogP contribution in [0, 0.1) is 5.41 Å². The van der Waals surface area contributed by atoms with Gasteiger partial charge in [0.25, 0.3) is 0 Å². The number of benzene rings is 1. The molecule has 148 valence electrons. The maximum atomic E-state index is 12.8. The van der Waals surface area contributed by atoms with E-state index in [1.165, 1.54) is 18.5 Å². The molecule has 26 heavy (non-hydrogen) atoms. The molecule has 2 aliphatic rings. The molecule has 3 rings (SSSR count). The smallest absolute Gasteiger partial charge is 0.228 e. The highest BCUT2D eigenvalue weighted by molar-refractivity contribution is 5.85. The minimum atomic E-state index is -0.473. The van der Waals surface area contributed by atoms with Crippen molar-refractivity contribution in [3.05, 3.63) is 29.8 Å². The molecule has 1 unspecified atom stereocenters. The Hall–Kier alpha value is -1.01. The van der Waals surface area contributed by atoms with Gasteiger partial charge in [0.2, 0.25) is 5.91 Å². The fourth-order valence-corrected chi connectivity index (χ4v) is 3.69. The quantitative estimate of drug-likeness (QED) is 0.792. The van der Waals surface area contributed by atoms with Gasteiger partial charge in [-0.25, -0.2) is 0 Å². The Morgan fingerprint density at radius 1 is 1.27 bits per heavy atom. The van der Waals surface area contributed by atoms with Gasteiger partial charge >= 0.3 is 0 Å². The van der Waals surface area contributed by atoms with Crippen LogP contribution in [0.1, 0.15) is 44.2 Å². The third-order valence-electron chi connectivity index (χ3n) is 5.51. The predicted octanol–water partition coefficient (Wildman–Crippen LogP) is 3.06. The third-order valence-corrected chi connectivity index (χ3v) is 5.51. The van der Waals surface area contributed by atoms with Crippen molar-refractivity contribution in [3.63, 3.8) is 0 Å². The minimum Gasteiger partial charge on any atom is -0.381 e.